The lowest BCUT2D eigenvalue weighted by atomic mass is 10.4. The van der Waals surface area contributed by atoms with Gasteiger partial charge in [-0.15, -0.1) is 16.9 Å². The highest BCUT2D eigenvalue weighted by atomic mass is 32.2. The number of rotatable bonds is 8. The first-order valence-corrected chi connectivity index (χ1v) is 9.81. The molecule has 8 heteroatoms. The minimum absolute atomic E-state index is 0.406. The lowest BCUT2D eigenvalue weighted by Gasteiger charge is -2.15. The van der Waals surface area contributed by atoms with Crippen molar-refractivity contribution >= 4 is 17.7 Å². The molecule has 1 aromatic carbocycles. The number of aromatic amines is 1. The molecule has 2 aromatic heterocycles. The van der Waals surface area contributed by atoms with Gasteiger partial charge in [0.2, 0.25) is 5.82 Å². The quantitative estimate of drug-likeness (QED) is 0.314. The first-order valence-electron chi connectivity index (χ1n) is 8.93. The van der Waals surface area contributed by atoms with E-state index in [1.807, 2.05) is 36.9 Å². The van der Waals surface area contributed by atoms with Crippen LogP contribution in [-0.2, 0) is 6.54 Å². The zero-order valence-corrected chi connectivity index (χ0v) is 16.3. The molecule has 0 aliphatic carbocycles. The van der Waals surface area contributed by atoms with Gasteiger partial charge >= 0.3 is 0 Å². The highest BCUT2D eigenvalue weighted by molar-refractivity contribution is 8.00. The van der Waals surface area contributed by atoms with Crippen molar-refractivity contribution in [1.82, 2.24) is 25.8 Å². The van der Waals surface area contributed by atoms with E-state index in [4.69, 9.17) is 4.42 Å². The van der Waals surface area contributed by atoms with Crippen LogP contribution in [0.4, 0.5) is 0 Å². The molecule has 7 nitrogen and oxygen atoms in total. The van der Waals surface area contributed by atoms with Gasteiger partial charge < -0.3 is 15.1 Å². The molecule has 0 fully saturated rings. The highest BCUT2D eigenvalue weighted by Gasteiger charge is 2.09. The zero-order chi connectivity index (χ0) is 18.9. The molecular formula is C19H24N6OS. The van der Waals surface area contributed by atoms with Gasteiger partial charge in [0.15, 0.2) is 11.7 Å². The number of nitrogens with one attached hydrogen (secondary N) is 3. The Kier molecular flexibility index (Phi) is 6.92. The summed E-state index contributed by atoms with van der Waals surface area (Å²) >= 11 is 1.84. The fourth-order valence-corrected chi connectivity index (χ4v) is 3.34. The van der Waals surface area contributed by atoms with Crippen LogP contribution in [0.3, 0.4) is 0 Å². The number of hydrogen-bond acceptors (Lipinski definition) is 5. The van der Waals surface area contributed by atoms with Crippen LogP contribution in [0.5, 0.6) is 0 Å². The van der Waals surface area contributed by atoms with Crippen molar-refractivity contribution in [3.8, 4) is 11.6 Å². The monoisotopic (exact) mass is 384 g/mol. The summed E-state index contributed by atoms with van der Waals surface area (Å²) in [6, 6.07) is 14.0. The molecule has 2 heterocycles. The van der Waals surface area contributed by atoms with Crippen LogP contribution < -0.4 is 10.6 Å². The smallest absolute Gasteiger partial charge is 0.216 e. The summed E-state index contributed by atoms with van der Waals surface area (Å²) in [6.45, 7) is 6.24. The molecule has 0 aliphatic heterocycles. The molecular weight excluding hydrogens is 360 g/mol. The topological polar surface area (TPSA) is 91.1 Å². The van der Waals surface area contributed by atoms with E-state index < -0.39 is 0 Å². The third-order valence-corrected chi connectivity index (χ3v) is 4.76. The number of H-pyrrole nitrogens is 1. The zero-order valence-electron chi connectivity index (χ0n) is 15.5. The maximum absolute atomic E-state index is 5.30. The fourth-order valence-electron chi connectivity index (χ4n) is 2.39. The first kappa shape index (κ1) is 19.0. The van der Waals surface area contributed by atoms with Crippen molar-refractivity contribution in [3.63, 3.8) is 0 Å². The molecule has 0 aliphatic rings. The third kappa shape index (κ3) is 5.89. The summed E-state index contributed by atoms with van der Waals surface area (Å²) in [6.07, 6.45) is 1.60. The van der Waals surface area contributed by atoms with Crippen molar-refractivity contribution in [2.75, 3.05) is 13.1 Å². The minimum atomic E-state index is 0.406. The Balaban J connectivity index is 1.53. The molecule has 0 amide bonds. The Hall–Kier alpha value is -2.74. The molecule has 0 bridgehead atoms. The Labute approximate surface area is 163 Å². The fraction of sp³-hybridized carbons (Fsp3) is 0.316. The van der Waals surface area contributed by atoms with E-state index in [9.17, 15) is 0 Å². The summed E-state index contributed by atoms with van der Waals surface area (Å²) in [7, 11) is 0. The average Bonchev–Trinajstić information content (AvgIpc) is 3.36. The predicted octanol–water partition coefficient (Wildman–Crippen LogP) is 3.30. The largest absolute Gasteiger partial charge is 0.461 e. The highest BCUT2D eigenvalue weighted by Crippen LogP contribution is 2.21. The van der Waals surface area contributed by atoms with E-state index in [2.05, 4.69) is 62.0 Å². The second kappa shape index (κ2) is 9.82. The standard InChI is InChI=1S/C19H24N6OS/c1-3-20-19(21-12-14(2)27-15-8-5-4-6-9-15)22-13-17-23-18(25-24-17)16-10-7-11-26-16/h4-11,14H,3,12-13H2,1-2H3,(H2,20,21,22)(H,23,24,25). The number of aromatic nitrogens is 3. The van der Waals surface area contributed by atoms with Gasteiger partial charge in [0.05, 0.1) is 6.26 Å². The van der Waals surface area contributed by atoms with Crippen molar-refractivity contribution in [3.05, 3.63) is 54.6 Å². The van der Waals surface area contributed by atoms with Crippen LogP contribution in [0, 0.1) is 0 Å². The molecule has 27 heavy (non-hydrogen) atoms. The van der Waals surface area contributed by atoms with E-state index >= 15 is 0 Å². The Morgan fingerprint density at radius 1 is 1.22 bits per heavy atom. The molecule has 3 N–H and O–H groups in total. The third-order valence-electron chi connectivity index (χ3n) is 3.64. The molecule has 1 unspecified atom stereocenters. The van der Waals surface area contributed by atoms with E-state index in [1.54, 1.807) is 6.26 Å². The second-order valence-corrected chi connectivity index (χ2v) is 7.41. The molecule has 0 spiro atoms. The normalized spacial score (nSPS) is 12.7. The van der Waals surface area contributed by atoms with Crippen LogP contribution in [0.2, 0.25) is 0 Å². The maximum atomic E-state index is 5.30. The van der Waals surface area contributed by atoms with Gasteiger partial charge in [0.1, 0.15) is 12.4 Å². The molecule has 1 atom stereocenters. The number of hydrogen-bond donors (Lipinski definition) is 3. The Morgan fingerprint density at radius 2 is 2.07 bits per heavy atom. The predicted molar refractivity (Wildman–Crippen MR) is 109 cm³/mol. The first-order chi connectivity index (χ1) is 13.2. The van der Waals surface area contributed by atoms with E-state index in [-0.39, 0.29) is 0 Å². The van der Waals surface area contributed by atoms with E-state index in [0.717, 1.165) is 19.0 Å². The molecule has 3 aromatic rings. The van der Waals surface area contributed by atoms with Crippen LogP contribution in [0.25, 0.3) is 11.6 Å². The lowest BCUT2D eigenvalue weighted by molar-refractivity contribution is 0.577. The van der Waals surface area contributed by atoms with E-state index in [0.29, 0.717) is 29.2 Å². The van der Waals surface area contributed by atoms with Gasteiger partial charge in [0.25, 0.3) is 0 Å². The number of furan rings is 1. The molecule has 3 rings (SSSR count). The molecule has 0 saturated carbocycles. The summed E-state index contributed by atoms with van der Waals surface area (Å²) in [4.78, 5) is 10.3. The van der Waals surface area contributed by atoms with Crippen LogP contribution >= 0.6 is 11.8 Å². The molecule has 0 radical (unpaired) electrons. The molecule has 142 valence electrons. The number of guanidine groups is 1. The Morgan fingerprint density at radius 3 is 2.81 bits per heavy atom. The van der Waals surface area contributed by atoms with Crippen molar-refractivity contribution in [2.24, 2.45) is 4.99 Å². The van der Waals surface area contributed by atoms with Gasteiger partial charge in [-0.3, -0.25) is 5.10 Å². The summed E-state index contributed by atoms with van der Waals surface area (Å²) in [5.41, 5.74) is 0. The van der Waals surface area contributed by atoms with Gasteiger partial charge in [-0.1, -0.05) is 25.1 Å². The number of benzene rings is 1. The minimum Gasteiger partial charge on any atom is -0.461 e. The van der Waals surface area contributed by atoms with Crippen molar-refractivity contribution < 1.29 is 4.42 Å². The van der Waals surface area contributed by atoms with Crippen molar-refractivity contribution in [1.29, 1.82) is 0 Å². The van der Waals surface area contributed by atoms with Gasteiger partial charge in [-0.25, -0.2) is 9.98 Å². The molecule has 0 saturated heterocycles. The van der Waals surface area contributed by atoms with Crippen LogP contribution in [0.1, 0.15) is 19.7 Å². The summed E-state index contributed by atoms with van der Waals surface area (Å²) in [5, 5.41) is 14.1. The SMILES string of the molecule is CCNC(=NCc1nc(-c2ccco2)n[nH]1)NCC(C)Sc1ccccc1. The van der Waals surface area contributed by atoms with Crippen molar-refractivity contribution in [2.45, 2.75) is 30.5 Å². The number of nitrogens with zero attached hydrogens (tertiary/aromatic N) is 3. The lowest BCUT2D eigenvalue weighted by Crippen LogP contribution is -2.40. The van der Waals surface area contributed by atoms with E-state index in [1.165, 1.54) is 4.90 Å². The van der Waals surface area contributed by atoms with Gasteiger partial charge in [-0.05, 0) is 31.2 Å². The average molecular weight is 385 g/mol. The van der Waals surface area contributed by atoms with Crippen LogP contribution in [0.15, 0.2) is 63.0 Å². The summed E-state index contributed by atoms with van der Waals surface area (Å²) in [5.74, 6) is 2.62. The summed E-state index contributed by atoms with van der Waals surface area (Å²) < 4.78 is 5.30. The van der Waals surface area contributed by atoms with Gasteiger partial charge in [-0.2, -0.15) is 0 Å². The van der Waals surface area contributed by atoms with Crippen LogP contribution in [-0.4, -0.2) is 39.5 Å². The number of aliphatic imine (C=N–C) groups is 1. The van der Waals surface area contributed by atoms with Gasteiger partial charge in [0, 0.05) is 23.2 Å². The maximum Gasteiger partial charge on any atom is 0.216 e. The second-order valence-electron chi connectivity index (χ2n) is 5.90. The Bertz CT molecular complexity index is 831. The number of thioether (sulfide) groups is 1.